The number of ether oxygens (including phenoxy) is 1. The highest BCUT2D eigenvalue weighted by molar-refractivity contribution is 9.10. The predicted octanol–water partition coefficient (Wildman–Crippen LogP) is 3.57. The molecule has 0 aromatic heterocycles. The van der Waals surface area contributed by atoms with Crippen molar-refractivity contribution in [3.8, 4) is 5.75 Å². The lowest BCUT2D eigenvalue weighted by molar-refractivity contribution is 0.415. The van der Waals surface area contributed by atoms with Crippen LogP contribution in [0, 0.1) is 0 Å². The Balaban J connectivity index is 2.57. The van der Waals surface area contributed by atoms with E-state index in [2.05, 4.69) is 32.6 Å². The van der Waals surface area contributed by atoms with Gasteiger partial charge in [-0.05, 0) is 35.0 Å². The summed E-state index contributed by atoms with van der Waals surface area (Å²) in [6, 6.07) is 12.2. The van der Waals surface area contributed by atoms with Crippen molar-refractivity contribution in [3.05, 3.63) is 36.4 Å². The lowest BCUT2D eigenvalue weighted by Gasteiger charge is -2.04. The van der Waals surface area contributed by atoms with Crippen molar-refractivity contribution in [2.45, 2.75) is 0 Å². The maximum absolute atomic E-state index is 5.15. The van der Waals surface area contributed by atoms with Gasteiger partial charge in [0.25, 0.3) is 0 Å². The van der Waals surface area contributed by atoms with Crippen molar-refractivity contribution in [3.63, 3.8) is 0 Å². The van der Waals surface area contributed by atoms with Gasteiger partial charge in [-0.15, -0.1) is 0 Å². The number of halogens is 1. The summed E-state index contributed by atoms with van der Waals surface area (Å²) in [7, 11) is 1.68. The zero-order valence-corrected chi connectivity index (χ0v) is 9.34. The summed E-state index contributed by atoms with van der Waals surface area (Å²) in [5.41, 5.74) is 1.04. The Labute approximate surface area is 91.2 Å². The fourth-order valence-corrected chi connectivity index (χ4v) is 1.66. The topological polar surface area (TPSA) is 21.3 Å². The zero-order chi connectivity index (χ0) is 9.97. The second kappa shape index (κ2) is 3.88. The highest BCUT2D eigenvalue weighted by Gasteiger charge is 1.97. The summed E-state index contributed by atoms with van der Waals surface area (Å²) in [4.78, 5) is 0. The minimum absolute atomic E-state index is 0.886. The first kappa shape index (κ1) is 9.34. The van der Waals surface area contributed by atoms with Crippen molar-refractivity contribution >= 4 is 32.6 Å². The fraction of sp³-hybridized carbons (Fsp3) is 0.0909. The third-order valence-electron chi connectivity index (χ3n) is 2.16. The van der Waals surface area contributed by atoms with E-state index in [1.165, 1.54) is 10.8 Å². The Kier molecular flexibility index (Phi) is 2.59. The van der Waals surface area contributed by atoms with Crippen molar-refractivity contribution in [1.29, 1.82) is 0 Å². The first-order chi connectivity index (χ1) is 6.83. The summed E-state index contributed by atoms with van der Waals surface area (Å²) < 4.78 is 8.08. The average Bonchev–Trinajstić information content (AvgIpc) is 2.27. The van der Waals surface area contributed by atoms with Crippen LogP contribution in [0.3, 0.4) is 0 Å². The molecule has 0 fully saturated rings. The molecule has 1 N–H and O–H groups in total. The molecule has 0 unspecified atom stereocenters. The van der Waals surface area contributed by atoms with Crippen molar-refractivity contribution < 1.29 is 4.74 Å². The molecule has 0 spiro atoms. The van der Waals surface area contributed by atoms with E-state index >= 15 is 0 Å². The van der Waals surface area contributed by atoms with Crippen LogP contribution in [0.15, 0.2) is 36.4 Å². The van der Waals surface area contributed by atoms with E-state index in [0.717, 1.165) is 11.4 Å². The molecule has 72 valence electrons. The number of benzene rings is 2. The van der Waals surface area contributed by atoms with Gasteiger partial charge >= 0.3 is 0 Å². The molecule has 0 heterocycles. The number of rotatable bonds is 2. The van der Waals surface area contributed by atoms with Gasteiger partial charge in [0.2, 0.25) is 0 Å². The van der Waals surface area contributed by atoms with Crippen LogP contribution in [-0.4, -0.2) is 7.11 Å². The van der Waals surface area contributed by atoms with Gasteiger partial charge in [0.15, 0.2) is 0 Å². The molecule has 2 nitrogen and oxygen atoms in total. The normalized spacial score (nSPS) is 10.1. The third kappa shape index (κ3) is 1.68. The Morgan fingerprint density at radius 2 is 1.79 bits per heavy atom. The molecule has 2 aromatic rings. The molecule has 2 rings (SSSR count). The molecule has 0 amide bonds. The van der Waals surface area contributed by atoms with E-state index < -0.39 is 0 Å². The number of anilines is 1. The molecule has 0 atom stereocenters. The number of fused-ring (bicyclic) bond motifs is 1. The molecular weight excluding hydrogens is 242 g/mol. The summed E-state index contributed by atoms with van der Waals surface area (Å²) in [5.74, 6) is 0.886. The van der Waals surface area contributed by atoms with Gasteiger partial charge in [0.05, 0.1) is 7.11 Å². The first-order valence-corrected chi connectivity index (χ1v) is 5.07. The smallest absolute Gasteiger partial charge is 0.119 e. The highest BCUT2D eigenvalue weighted by atomic mass is 79.9. The van der Waals surface area contributed by atoms with E-state index in [9.17, 15) is 0 Å². The van der Waals surface area contributed by atoms with Crippen molar-refractivity contribution in [2.75, 3.05) is 11.5 Å². The molecule has 0 saturated heterocycles. The standard InChI is InChI=1S/C11H10BrNO/c1-14-11-5-3-8-6-10(13-12)4-2-9(8)7-11/h2-7,13H,1H3. The maximum Gasteiger partial charge on any atom is 0.119 e. The predicted molar refractivity (Wildman–Crippen MR) is 63.0 cm³/mol. The number of hydrogen-bond donors (Lipinski definition) is 1. The van der Waals surface area contributed by atoms with E-state index in [0.29, 0.717) is 0 Å². The zero-order valence-electron chi connectivity index (χ0n) is 7.75. The van der Waals surface area contributed by atoms with Crippen LogP contribution in [-0.2, 0) is 0 Å². The molecule has 0 aliphatic carbocycles. The van der Waals surface area contributed by atoms with Crippen LogP contribution in [0.4, 0.5) is 5.69 Å². The summed E-state index contributed by atoms with van der Waals surface area (Å²) in [5, 5.41) is 2.37. The largest absolute Gasteiger partial charge is 0.497 e. The third-order valence-corrected chi connectivity index (χ3v) is 2.61. The van der Waals surface area contributed by atoms with Gasteiger partial charge in [0.1, 0.15) is 5.75 Å². The lowest BCUT2D eigenvalue weighted by atomic mass is 10.1. The molecule has 0 aliphatic heterocycles. The fourth-order valence-electron chi connectivity index (χ4n) is 1.41. The summed E-state index contributed by atoms with van der Waals surface area (Å²) in [6.07, 6.45) is 0. The SMILES string of the molecule is COc1ccc2cc(NBr)ccc2c1. The van der Waals surface area contributed by atoms with Crippen LogP contribution in [0.1, 0.15) is 0 Å². The Morgan fingerprint density at radius 1 is 1.07 bits per heavy atom. The monoisotopic (exact) mass is 251 g/mol. The van der Waals surface area contributed by atoms with E-state index in [4.69, 9.17) is 4.74 Å². The highest BCUT2D eigenvalue weighted by Crippen LogP contribution is 2.23. The Morgan fingerprint density at radius 3 is 2.50 bits per heavy atom. The summed E-state index contributed by atoms with van der Waals surface area (Å²) in [6.45, 7) is 0. The molecule has 0 bridgehead atoms. The molecule has 0 aliphatic rings. The van der Waals surface area contributed by atoms with Gasteiger partial charge in [-0.2, -0.15) is 0 Å². The van der Waals surface area contributed by atoms with Gasteiger partial charge in [-0.1, -0.05) is 12.1 Å². The van der Waals surface area contributed by atoms with Crippen LogP contribution < -0.4 is 9.08 Å². The molecule has 2 aromatic carbocycles. The minimum Gasteiger partial charge on any atom is -0.497 e. The van der Waals surface area contributed by atoms with E-state index in [1.54, 1.807) is 7.11 Å². The average molecular weight is 252 g/mol. The van der Waals surface area contributed by atoms with Gasteiger partial charge < -0.3 is 9.08 Å². The number of methoxy groups -OCH3 is 1. The molecule has 3 heteroatoms. The van der Waals surface area contributed by atoms with Crippen LogP contribution in [0.25, 0.3) is 10.8 Å². The lowest BCUT2D eigenvalue weighted by Crippen LogP contribution is -1.83. The van der Waals surface area contributed by atoms with Crippen LogP contribution in [0.5, 0.6) is 5.75 Å². The van der Waals surface area contributed by atoms with Gasteiger partial charge in [-0.3, -0.25) is 0 Å². The van der Waals surface area contributed by atoms with Crippen LogP contribution in [0.2, 0.25) is 0 Å². The van der Waals surface area contributed by atoms with Gasteiger partial charge in [-0.25, -0.2) is 0 Å². The van der Waals surface area contributed by atoms with Crippen LogP contribution >= 0.6 is 16.1 Å². The summed E-state index contributed by atoms with van der Waals surface area (Å²) >= 11 is 3.20. The minimum atomic E-state index is 0.886. The maximum atomic E-state index is 5.15. The molecule has 0 saturated carbocycles. The number of nitrogens with one attached hydrogen (secondary N) is 1. The second-order valence-corrected chi connectivity index (χ2v) is 3.42. The Bertz CT molecular complexity index is 413. The van der Waals surface area contributed by atoms with E-state index in [1.807, 2.05) is 24.3 Å². The second-order valence-electron chi connectivity index (χ2n) is 3.02. The number of hydrogen-bond acceptors (Lipinski definition) is 2. The first-order valence-electron chi connectivity index (χ1n) is 4.28. The molecule has 14 heavy (non-hydrogen) atoms. The molecular formula is C11H10BrNO. The van der Waals surface area contributed by atoms with E-state index in [-0.39, 0.29) is 0 Å². The van der Waals surface area contributed by atoms with Gasteiger partial charge in [0, 0.05) is 21.8 Å². The Hall–Kier alpha value is -1.22. The van der Waals surface area contributed by atoms with Crippen molar-refractivity contribution in [2.24, 2.45) is 0 Å². The molecule has 0 radical (unpaired) electrons. The quantitative estimate of drug-likeness (QED) is 0.825. The van der Waals surface area contributed by atoms with Crippen molar-refractivity contribution in [1.82, 2.24) is 0 Å².